The summed E-state index contributed by atoms with van der Waals surface area (Å²) in [6, 6.07) is 2.46. The second kappa shape index (κ2) is 4.91. The van der Waals surface area contributed by atoms with E-state index in [-0.39, 0.29) is 29.6 Å². The first-order chi connectivity index (χ1) is 11.1. The van der Waals surface area contributed by atoms with Crippen LogP contribution in [0.5, 0.6) is 5.75 Å². The lowest BCUT2D eigenvalue weighted by molar-refractivity contribution is -0.120. The van der Waals surface area contributed by atoms with Gasteiger partial charge in [-0.3, -0.25) is 14.4 Å². The van der Waals surface area contributed by atoms with Gasteiger partial charge in [-0.05, 0) is 37.8 Å². The van der Waals surface area contributed by atoms with Crippen LogP contribution in [-0.2, 0) is 14.4 Å². The van der Waals surface area contributed by atoms with Crippen molar-refractivity contribution in [3.05, 3.63) is 29.1 Å². The highest BCUT2D eigenvalue weighted by Crippen LogP contribution is 2.44. The molecule has 0 fully saturated rings. The first kappa shape index (κ1) is 13.9. The number of ether oxygens (including phenoxy) is 1. The number of carbonyl (C=O) groups is 3. The van der Waals surface area contributed by atoms with Crippen LogP contribution < -0.4 is 15.0 Å². The van der Waals surface area contributed by atoms with Gasteiger partial charge in [0.2, 0.25) is 0 Å². The summed E-state index contributed by atoms with van der Waals surface area (Å²) in [5, 5.41) is 2.55. The lowest BCUT2D eigenvalue weighted by Crippen LogP contribution is -2.34. The Hall–Kier alpha value is -2.70. The van der Waals surface area contributed by atoms with Crippen LogP contribution >= 0.6 is 0 Å². The summed E-state index contributed by atoms with van der Waals surface area (Å²) in [6.45, 7) is -0.285. The average Bonchev–Trinajstić information content (AvgIpc) is 2.80. The van der Waals surface area contributed by atoms with Crippen LogP contribution in [0.15, 0.2) is 23.3 Å². The van der Waals surface area contributed by atoms with Crippen molar-refractivity contribution >= 4 is 29.1 Å². The standard InChI is InChI=1S/C16H13FN2O4/c17-10-5-6-11-14(23-7-12(20)18-11)13(10)19-15(21)8-3-1-2-4-9(8)16(19)22/h5-6H,1-4,7H2,(H,18,20). The molecule has 0 aromatic heterocycles. The van der Waals surface area contributed by atoms with Crippen LogP contribution in [0.1, 0.15) is 25.7 Å². The largest absolute Gasteiger partial charge is 0.479 e. The molecule has 3 aliphatic rings. The molecule has 118 valence electrons. The predicted molar refractivity (Wildman–Crippen MR) is 78.5 cm³/mol. The van der Waals surface area contributed by atoms with Crippen molar-refractivity contribution in [2.45, 2.75) is 25.7 Å². The van der Waals surface area contributed by atoms with Crippen molar-refractivity contribution < 1.29 is 23.5 Å². The van der Waals surface area contributed by atoms with Gasteiger partial charge in [0, 0.05) is 11.1 Å². The van der Waals surface area contributed by atoms with Crippen LogP contribution in [0.3, 0.4) is 0 Å². The molecule has 23 heavy (non-hydrogen) atoms. The van der Waals surface area contributed by atoms with Gasteiger partial charge in [0.1, 0.15) is 5.69 Å². The molecule has 0 atom stereocenters. The number of amides is 3. The molecule has 7 heteroatoms. The number of carbonyl (C=O) groups excluding carboxylic acids is 3. The third-order valence-electron chi connectivity index (χ3n) is 4.32. The number of benzene rings is 1. The van der Waals surface area contributed by atoms with Crippen molar-refractivity contribution in [1.82, 2.24) is 0 Å². The van der Waals surface area contributed by atoms with Crippen molar-refractivity contribution in [1.29, 1.82) is 0 Å². The molecule has 0 spiro atoms. The second-order valence-electron chi connectivity index (χ2n) is 5.72. The highest BCUT2D eigenvalue weighted by molar-refractivity contribution is 6.33. The van der Waals surface area contributed by atoms with Gasteiger partial charge in [0.15, 0.2) is 18.2 Å². The number of halogens is 1. The Bertz CT molecular complexity index is 772. The zero-order valence-electron chi connectivity index (χ0n) is 12.1. The van der Waals surface area contributed by atoms with Crippen LogP contribution in [0.2, 0.25) is 0 Å². The molecule has 1 aliphatic carbocycles. The SMILES string of the molecule is O=C1COc2c(ccc(F)c2N2C(=O)C3=C(CCCC3)C2=O)N1. The maximum atomic E-state index is 14.4. The highest BCUT2D eigenvalue weighted by atomic mass is 19.1. The Morgan fingerprint density at radius 1 is 1.04 bits per heavy atom. The molecular weight excluding hydrogens is 303 g/mol. The number of anilines is 2. The van der Waals surface area contributed by atoms with E-state index in [1.807, 2.05) is 0 Å². The molecule has 0 saturated heterocycles. The molecule has 0 saturated carbocycles. The Labute approximate surface area is 130 Å². The van der Waals surface area contributed by atoms with Gasteiger partial charge >= 0.3 is 0 Å². The summed E-state index contributed by atoms with van der Waals surface area (Å²) in [5.74, 6) is -2.06. The first-order valence-electron chi connectivity index (χ1n) is 7.44. The van der Waals surface area contributed by atoms with E-state index >= 15 is 0 Å². The summed E-state index contributed by atoms with van der Waals surface area (Å²) < 4.78 is 19.7. The molecule has 1 aromatic rings. The van der Waals surface area contributed by atoms with E-state index in [0.717, 1.165) is 23.8 Å². The third-order valence-corrected chi connectivity index (χ3v) is 4.32. The smallest absolute Gasteiger partial charge is 0.262 e. The minimum atomic E-state index is -0.735. The predicted octanol–water partition coefficient (Wildman–Crippen LogP) is 1.90. The summed E-state index contributed by atoms with van der Waals surface area (Å²) >= 11 is 0. The molecule has 6 nitrogen and oxygen atoms in total. The quantitative estimate of drug-likeness (QED) is 0.803. The molecule has 2 heterocycles. The number of hydrogen-bond donors (Lipinski definition) is 1. The van der Waals surface area contributed by atoms with Crippen LogP contribution in [0.25, 0.3) is 0 Å². The third kappa shape index (κ3) is 1.96. The number of imide groups is 1. The van der Waals surface area contributed by atoms with Gasteiger partial charge < -0.3 is 10.1 Å². The molecule has 1 aromatic carbocycles. The maximum Gasteiger partial charge on any atom is 0.262 e. The Balaban J connectivity index is 1.83. The normalized spacial score (nSPS) is 20.2. The molecule has 0 radical (unpaired) electrons. The summed E-state index contributed by atoms with van der Waals surface area (Å²) in [6.07, 6.45) is 2.75. The first-order valence-corrected chi connectivity index (χ1v) is 7.44. The molecule has 0 bridgehead atoms. The fourth-order valence-corrected chi connectivity index (χ4v) is 3.27. The number of rotatable bonds is 1. The lowest BCUT2D eigenvalue weighted by Gasteiger charge is -2.25. The second-order valence-corrected chi connectivity index (χ2v) is 5.72. The van der Waals surface area contributed by atoms with Gasteiger partial charge in [0.25, 0.3) is 17.7 Å². The number of hydrogen-bond acceptors (Lipinski definition) is 4. The van der Waals surface area contributed by atoms with E-state index in [1.54, 1.807) is 0 Å². The van der Waals surface area contributed by atoms with Gasteiger partial charge in [-0.1, -0.05) is 0 Å². The molecule has 4 rings (SSSR count). The van der Waals surface area contributed by atoms with Crippen molar-refractivity contribution in [3.8, 4) is 5.75 Å². The average molecular weight is 316 g/mol. The molecule has 1 N–H and O–H groups in total. The van der Waals surface area contributed by atoms with E-state index in [0.29, 0.717) is 24.0 Å². The van der Waals surface area contributed by atoms with E-state index < -0.39 is 17.6 Å². The molecule has 3 amide bonds. The summed E-state index contributed by atoms with van der Waals surface area (Å²) in [4.78, 5) is 37.4. The fourth-order valence-electron chi connectivity index (χ4n) is 3.27. The summed E-state index contributed by atoms with van der Waals surface area (Å²) in [5.41, 5.74) is 0.978. The van der Waals surface area contributed by atoms with Crippen LogP contribution in [0.4, 0.5) is 15.8 Å². The van der Waals surface area contributed by atoms with Crippen LogP contribution in [-0.4, -0.2) is 24.3 Å². The summed E-state index contributed by atoms with van der Waals surface area (Å²) in [7, 11) is 0. The van der Waals surface area contributed by atoms with Crippen molar-refractivity contribution in [2.75, 3.05) is 16.8 Å². The number of nitrogens with one attached hydrogen (secondary N) is 1. The number of nitrogens with zero attached hydrogens (tertiary/aromatic N) is 1. The van der Waals surface area contributed by atoms with Gasteiger partial charge in [-0.2, -0.15) is 0 Å². The van der Waals surface area contributed by atoms with Crippen LogP contribution in [0, 0.1) is 5.82 Å². The Morgan fingerprint density at radius 2 is 1.70 bits per heavy atom. The van der Waals surface area contributed by atoms with Crippen molar-refractivity contribution in [2.24, 2.45) is 0 Å². The zero-order valence-corrected chi connectivity index (χ0v) is 12.1. The lowest BCUT2D eigenvalue weighted by atomic mass is 9.93. The van der Waals surface area contributed by atoms with Gasteiger partial charge in [0.05, 0.1) is 5.69 Å². The van der Waals surface area contributed by atoms with Gasteiger partial charge in [-0.15, -0.1) is 0 Å². The number of fused-ring (bicyclic) bond motifs is 1. The minimum Gasteiger partial charge on any atom is -0.479 e. The van der Waals surface area contributed by atoms with Crippen molar-refractivity contribution in [3.63, 3.8) is 0 Å². The Kier molecular flexibility index (Phi) is 2.97. The van der Waals surface area contributed by atoms with Gasteiger partial charge in [-0.25, -0.2) is 9.29 Å². The highest BCUT2D eigenvalue weighted by Gasteiger charge is 2.43. The molecule has 0 unspecified atom stereocenters. The molecular formula is C16H13FN2O4. The van der Waals surface area contributed by atoms with E-state index in [4.69, 9.17) is 4.74 Å². The minimum absolute atomic E-state index is 0.0196. The van der Waals surface area contributed by atoms with E-state index in [9.17, 15) is 18.8 Å². The van der Waals surface area contributed by atoms with E-state index in [2.05, 4.69) is 5.32 Å². The topological polar surface area (TPSA) is 75.7 Å². The van der Waals surface area contributed by atoms with E-state index in [1.165, 1.54) is 6.07 Å². The zero-order chi connectivity index (χ0) is 16.1. The molecule has 2 aliphatic heterocycles. The maximum absolute atomic E-state index is 14.4. The fraction of sp³-hybridized carbons (Fsp3) is 0.312. The monoisotopic (exact) mass is 316 g/mol. The Morgan fingerprint density at radius 3 is 2.35 bits per heavy atom.